The number of benzene rings is 1. The molecule has 1 aromatic rings. The summed E-state index contributed by atoms with van der Waals surface area (Å²) in [6, 6.07) is 8.60. The molecule has 0 bridgehead atoms. The summed E-state index contributed by atoms with van der Waals surface area (Å²) in [5.41, 5.74) is 2.61. The Balaban J connectivity index is 1.79. The van der Waals surface area contributed by atoms with E-state index in [1.807, 2.05) is 15.9 Å². The highest BCUT2D eigenvalue weighted by molar-refractivity contribution is 5.75. The molecule has 0 saturated carbocycles. The highest BCUT2D eigenvalue weighted by Crippen LogP contribution is 2.36. The smallest absolute Gasteiger partial charge is 0.320 e. The second-order valence-electron chi connectivity index (χ2n) is 5.91. The number of fused-ring (bicyclic) bond motifs is 1. The normalized spacial score (nSPS) is 20.8. The molecule has 1 saturated heterocycles. The van der Waals surface area contributed by atoms with Crippen molar-refractivity contribution >= 4 is 6.03 Å². The predicted octanol–water partition coefficient (Wildman–Crippen LogP) is 1.81. The molecule has 2 amide bonds. The molecular weight excluding hydrogens is 280 g/mol. The zero-order valence-electron chi connectivity index (χ0n) is 12.9. The van der Waals surface area contributed by atoms with E-state index in [1.54, 1.807) is 0 Å². The molecule has 1 N–H and O–H groups in total. The lowest BCUT2D eigenvalue weighted by Crippen LogP contribution is -2.49. The van der Waals surface area contributed by atoms with Gasteiger partial charge in [0.1, 0.15) is 0 Å². The minimum atomic E-state index is 0.0819. The fourth-order valence-corrected chi connectivity index (χ4v) is 3.42. The van der Waals surface area contributed by atoms with E-state index in [1.165, 1.54) is 11.1 Å². The van der Waals surface area contributed by atoms with Crippen molar-refractivity contribution in [1.29, 1.82) is 0 Å². The Labute approximate surface area is 131 Å². The molecule has 5 nitrogen and oxygen atoms in total. The van der Waals surface area contributed by atoms with Gasteiger partial charge in [-0.1, -0.05) is 24.3 Å². The third-order valence-corrected chi connectivity index (χ3v) is 4.56. The molecular formula is C17H24N2O3. The van der Waals surface area contributed by atoms with Gasteiger partial charge < -0.3 is 19.6 Å². The molecule has 1 aliphatic carbocycles. The fourth-order valence-electron chi connectivity index (χ4n) is 3.42. The van der Waals surface area contributed by atoms with E-state index >= 15 is 0 Å². The van der Waals surface area contributed by atoms with Gasteiger partial charge in [0.25, 0.3) is 0 Å². The van der Waals surface area contributed by atoms with Crippen LogP contribution in [0.3, 0.4) is 0 Å². The van der Waals surface area contributed by atoms with Gasteiger partial charge in [0.05, 0.1) is 19.3 Å². The number of aryl methyl sites for hydroxylation is 1. The number of hydrogen-bond donors (Lipinski definition) is 1. The number of carbonyl (C=O) groups is 1. The standard InChI is InChI=1S/C17H24N2O3/c20-11-3-8-19(17(21)18-9-12-22-13-10-18)16-7-6-14-4-1-2-5-15(14)16/h1-2,4-5,16,20H,3,6-13H2. The molecule has 1 heterocycles. The maximum absolute atomic E-state index is 12.9. The van der Waals surface area contributed by atoms with Gasteiger partial charge in [-0.05, 0) is 30.4 Å². The first-order valence-electron chi connectivity index (χ1n) is 8.13. The van der Waals surface area contributed by atoms with Crippen LogP contribution in [0.5, 0.6) is 0 Å². The monoisotopic (exact) mass is 304 g/mol. The Hall–Kier alpha value is -1.59. The maximum Gasteiger partial charge on any atom is 0.320 e. The van der Waals surface area contributed by atoms with E-state index in [2.05, 4.69) is 18.2 Å². The van der Waals surface area contributed by atoms with Crippen molar-refractivity contribution in [2.45, 2.75) is 25.3 Å². The molecule has 0 radical (unpaired) electrons. The largest absolute Gasteiger partial charge is 0.396 e. The van der Waals surface area contributed by atoms with Crippen LogP contribution in [-0.2, 0) is 11.2 Å². The number of ether oxygens (including phenoxy) is 1. The minimum Gasteiger partial charge on any atom is -0.396 e. The van der Waals surface area contributed by atoms with E-state index in [4.69, 9.17) is 4.74 Å². The summed E-state index contributed by atoms with van der Waals surface area (Å²) in [4.78, 5) is 16.7. The van der Waals surface area contributed by atoms with E-state index in [0.29, 0.717) is 39.3 Å². The van der Waals surface area contributed by atoms with Gasteiger partial charge in [-0.25, -0.2) is 4.79 Å². The van der Waals surface area contributed by atoms with E-state index in [0.717, 1.165) is 12.8 Å². The third kappa shape index (κ3) is 3.10. The average molecular weight is 304 g/mol. The second-order valence-corrected chi connectivity index (χ2v) is 5.91. The molecule has 22 heavy (non-hydrogen) atoms. The number of morpholine rings is 1. The Morgan fingerprint density at radius 1 is 1.32 bits per heavy atom. The highest BCUT2D eigenvalue weighted by atomic mass is 16.5. The molecule has 1 atom stereocenters. The van der Waals surface area contributed by atoms with E-state index < -0.39 is 0 Å². The molecule has 1 aromatic carbocycles. The summed E-state index contributed by atoms with van der Waals surface area (Å²) in [7, 11) is 0. The third-order valence-electron chi connectivity index (χ3n) is 4.56. The van der Waals surface area contributed by atoms with Crippen molar-refractivity contribution in [3.8, 4) is 0 Å². The molecule has 0 spiro atoms. The molecule has 0 aromatic heterocycles. The predicted molar refractivity (Wildman–Crippen MR) is 83.7 cm³/mol. The maximum atomic E-state index is 12.9. The first-order chi connectivity index (χ1) is 10.8. The SMILES string of the molecule is O=C(N1CCOCC1)N(CCCO)C1CCc2ccccc21. The van der Waals surface area contributed by atoms with Gasteiger partial charge in [-0.2, -0.15) is 0 Å². The van der Waals surface area contributed by atoms with E-state index in [-0.39, 0.29) is 18.7 Å². The van der Waals surface area contributed by atoms with Gasteiger partial charge in [0.15, 0.2) is 0 Å². The van der Waals surface area contributed by atoms with Gasteiger partial charge in [-0.15, -0.1) is 0 Å². The summed E-state index contributed by atoms with van der Waals surface area (Å²) >= 11 is 0. The zero-order valence-corrected chi connectivity index (χ0v) is 12.9. The van der Waals surface area contributed by atoms with Crippen LogP contribution in [0.15, 0.2) is 24.3 Å². The van der Waals surface area contributed by atoms with Crippen LogP contribution in [0.4, 0.5) is 4.79 Å². The fraction of sp³-hybridized carbons (Fsp3) is 0.588. The Morgan fingerprint density at radius 3 is 2.86 bits per heavy atom. The summed E-state index contributed by atoms with van der Waals surface area (Å²) in [5.74, 6) is 0. The van der Waals surface area contributed by atoms with Crippen LogP contribution >= 0.6 is 0 Å². The zero-order chi connectivity index (χ0) is 15.4. The number of urea groups is 1. The number of carbonyl (C=O) groups excluding carboxylic acids is 1. The summed E-state index contributed by atoms with van der Waals surface area (Å²) in [6.07, 6.45) is 2.61. The lowest BCUT2D eigenvalue weighted by molar-refractivity contribution is 0.0383. The Kier molecular flexibility index (Phi) is 4.95. The lowest BCUT2D eigenvalue weighted by atomic mass is 10.1. The summed E-state index contributed by atoms with van der Waals surface area (Å²) < 4.78 is 5.34. The lowest BCUT2D eigenvalue weighted by Gasteiger charge is -2.36. The summed E-state index contributed by atoms with van der Waals surface area (Å²) in [5, 5.41) is 9.17. The van der Waals surface area contributed by atoms with Crippen molar-refractivity contribution in [3.05, 3.63) is 35.4 Å². The van der Waals surface area contributed by atoms with Crippen LogP contribution in [-0.4, -0.2) is 60.4 Å². The minimum absolute atomic E-state index is 0.0819. The molecule has 1 fully saturated rings. The molecule has 2 aliphatic rings. The summed E-state index contributed by atoms with van der Waals surface area (Å²) in [6.45, 7) is 3.25. The number of hydrogen-bond acceptors (Lipinski definition) is 3. The Bertz CT molecular complexity index is 514. The van der Waals surface area contributed by atoms with Crippen LogP contribution in [0.1, 0.15) is 30.0 Å². The van der Waals surface area contributed by atoms with Gasteiger partial charge >= 0.3 is 6.03 Å². The quantitative estimate of drug-likeness (QED) is 0.923. The van der Waals surface area contributed by atoms with Gasteiger partial charge in [0.2, 0.25) is 0 Å². The molecule has 120 valence electrons. The van der Waals surface area contributed by atoms with Crippen molar-refractivity contribution in [3.63, 3.8) is 0 Å². The van der Waals surface area contributed by atoms with Crippen LogP contribution in [0.25, 0.3) is 0 Å². The Morgan fingerprint density at radius 2 is 2.09 bits per heavy atom. The number of amides is 2. The molecule has 5 heteroatoms. The molecule has 3 rings (SSSR count). The highest BCUT2D eigenvalue weighted by Gasteiger charge is 2.33. The molecule has 1 aliphatic heterocycles. The van der Waals surface area contributed by atoms with Crippen molar-refractivity contribution in [2.24, 2.45) is 0 Å². The number of aliphatic hydroxyl groups excluding tert-OH is 1. The first-order valence-corrected chi connectivity index (χ1v) is 8.13. The van der Waals surface area contributed by atoms with Gasteiger partial charge in [0, 0.05) is 26.2 Å². The topological polar surface area (TPSA) is 53.0 Å². The van der Waals surface area contributed by atoms with Crippen LogP contribution in [0, 0.1) is 0 Å². The van der Waals surface area contributed by atoms with Crippen LogP contribution < -0.4 is 0 Å². The van der Waals surface area contributed by atoms with Crippen molar-refractivity contribution in [1.82, 2.24) is 9.80 Å². The van der Waals surface area contributed by atoms with Crippen LogP contribution in [0.2, 0.25) is 0 Å². The number of aliphatic hydroxyl groups is 1. The number of nitrogens with zero attached hydrogens (tertiary/aromatic N) is 2. The van der Waals surface area contributed by atoms with Crippen molar-refractivity contribution < 1.29 is 14.6 Å². The van der Waals surface area contributed by atoms with Crippen molar-refractivity contribution in [2.75, 3.05) is 39.5 Å². The second kappa shape index (κ2) is 7.11. The average Bonchev–Trinajstić information content (AvgIpc) is 3.00. The van der Waals surface area contributed by atoms with E-state index in [9.17, 15) is 9.90 Å². The molecule has 1 unspecified atom stereocenters. The van der Waals surface area contributed by atoms with Gasteiger partial charge in [-0.3, -0.25) is 0 Å². The first kappa shape index (κ1) is 15.3. The number of rotatable bonds is 4.